The van der Waals surface area contributed by atoms with Gasteiger partial charge in [-0.1, -0.05) is 0 Å². The molecule has 8 heteroatoms. The van der Waals surface area contributed by atoms with Crippen molar-refractivity contribution >= 4 is 21.6 Å². The zero-order valence-corrected chi connectivity index (χ0v) is 11.1. The Balaban J connectivity index is 2.08. The van der Waals surface area contributed by atoms with Crippen LogP contribution in [0.3, 0.4) is 0 Å². The summed E-state index contributed by atoms with van der Waals surface area (Å²) in [6.45, 7) is 3.85. The molecule has 0 aromatic carbocycles. The Morgan fingerprint density at radius 3 is 1.38 bits per heavy atom. The second-order valence-electron chi connectivity index (χ2n) is 3.34. The molecular formula is C8H12N6S2. The van der Waals surface area contributed by atoms with Crippen LogP contribution in [-0.2, 0) is 14.1 Å². The molecule has 0 N–H and O–H groups in total. The average molecular weight is 256 g/mol. The molecule has 6 nitrogen and oxygen atoms in total. The van der Waals surface area contributed by atoms with Gasteiger partial charge in [-0.15, -0.1) is 20.4 Å². The summed E-state index contributed by atoms with van der Waals surface area (Å²) in [7, 11) is 6.95. The molecule has 0 saturated carbocycles. The lowest BCUT2D eigenvalue weighted by molar-refractivity contribution is 0.764. The highest BCUT2D eigenvalue weighted by molar-refractivity contribution is 8.76. The lowest BCUT2D eigenvalue weighted by Gasteiger charge is -2.00. The van der Waals surface area contributed by atoms with Crippen LogP contribution in [0.4, 0.5) is 0 Å². The fraction of sp³-hybridized carbons (Fsp3) is 0.500. The Kier molecular flexibility index (Phi) is 3.20. The first-order valence-corrected chi connectivity index (χ1v) is 6.81. The maximum atomic E-state index is 4.06. The summed E-state index contributed by atoms with van der Waals surface area (Å²) in [5.74, 6) is 1.80. The molecule has 2 aromatic rings. The van der Waals surface area contributed by atoms with E-state index >= 15 is 0 Å². The van der Waals surface area contributed by atoms with Crippen molar-refractivity contribution in [3.05, 3.63) is 11.6 Å². The molecule has 0 bridgehead atoms. The summed E-state index contributed by atoms with van der Waals surface area (Å²) in [5, 5.41) is 17.8. The van der Waals surface area contributed by atoms with Gasteiger partial charge >= 0.3 is 0 Å². The van der Waals surface area contributed by atoms with Crippen LogP contribution in [0.1, 0.15) is 11.6 Å². The third-order valence-corrected chi connectivity index (χ3v) is 4.53. The number of aromatic nitrogens is 6. The van der Waals surface area contributed by atoms with Gasteiger partial charge in [0.05, 0.1) is 0 Å². The molecule has 16 heavy (non-hydrogen) atoms. The standard InChI is InChI=1S/C8H12N6S2/c1-5-9-11-7(13(5)3)15-16-8-12-10-6(2)14(8)4/h1-4H3. The minimum Gasteiger partial charge on any atom is -0.309 e. The molecule has 0 aliphatic heterocycles. The first-order chi connectivity index (χ1) is 7.59. The highest BCUT2D eigenvalue weighted by Crippen LogP contribution is 2.34. The molecule has 0 spiro atoms. The van der Waals surface area contributed by atoms with Gasteiger partial charge < -0.3 is 9.13 Å². The SMILES string of the molecule is Cc1nnc(SSc2nnc(C)n2C)n1C. The third-order valence-electron chi connectivity index (χ3n) is 2.30. The van der Waals surface area contributed by atoms with Crippen molar-refractivity contribution in [3.63, 3.8) is 0 Å². The van der Waals surface area contributed by atoms with Gasteiger partial charge in [0.25, 0.3) is 0 Å². The third kappa shape index (κ3) is 2.07. The molecular weight excluding hydrogens is 244 g/mol. The van der Waals surface area contributed by atoms with Crippen molar-refractivity contribution in [1.29, 1.82) is 0 Å². The zero-order chi connectivity index (χ0) is 11.7. The molecule has 0 saturated heterocycles. The minimum atomic E-state index is 0.864. The molecule has 0 atom stereocenters. The topological polar surface area (TPSA) is 61.4 Å². The van der Waals surface area contributed by atoms with Crippen molar-refractivity contribution in [2.24, 2.45) is 14.1 Å². The first-order valence-electron chi connectivity index (χ1n) is 4.66. The van der Waals surface area contributed by atoms with Gasteiger partial charge in [-0.05, 0) is 35.4 Å². The normalized spacial score (nSPS) is 11.0. The van der Waals surface area contributed by atoms with Crippen LogP contribution in [0.15, 0.2) is 10.3 Å². The lowest BCUT2D eigenvalue weighted by atomic mass is 10.7. The van der Waals surface area contributed by atoms with Gasteiger partial charge in [-0.3, -0.25) is 0 Å². The summed E-state index contributed by atoms with van der Waals surface area (Å²) in [5.41, 5.74) is 0. The first kappa shape index (κ1) is 11.5. The van der Waals surface area contributed by atoms with Crippen molar-refractivity contribution in [3.8, 4) is 0 Å². The quantitative estimate of drug-likeness (QED) is 0.773. The van der Waals surface area contributed by atoms with E-state index in [1.807, 2.05) is 37.1 Å². The molecule has 0 amide bonds. The van der Waals surface area contributed by atoms with Crippen LogP contribution in [0.5, 0.6) is 0 Å². The van der Waals surface area contributed by atoms with Gasteiger partial charge in [-0.25, -0.2) is 0 Å². The number of aryl methyl sites for hydroxylation is 2. The van der Waals surface area contributed by atoms with Crippen LogP contribution in [0.25, 0.3) is 0 Å². The van der Waals surface area contributed by atoms with Gasteiger partial charge in [0.1, 0.15) is 11.6 Å². The predicted octanol–water partition coefficient (Wildman–Crippen LogP) is 1.36. The molecule has 0 aliphatic carbocycles. The summed E-state index contributed by atoms with van der Waals surface area (Å²) >= 11 is 0. The van der Waals surface area contributed by atoms with E-state index in [0.29, 0.717) is 0 Å². The van der Waals surface area contributed by atoms with Crippen molar-refractivity contribution < 1.29 is 0 Å². The number of hydrogen-bond donors (Lipinski definition) is 0. The Morgan fingerprint density at radius 1 is 0.750 bits per heavy atom. The second kappa shape index (κ2) is 4.46. The minimum absolute atomic E-state index is 0.864. The van der Waals surface area contributed by atoms with Crippen LogP contribution < -0.4 is 0 Å². The zero-order valence-electron chi connectivity index (χ0n) is 9.50. The molecule has 0 unspecified atom stereocenters. The van der Waals surface area contributed by atoms with Crippen LogP contribution >= 0.6 is 21.6 Å². The van der Waals surface area contributed by atoms with Crippen molar-refractivity contribution in [2.75, 3.05) is 0 Å². The van der Waals surface area contributed by atoms with Crippen molar-refractivity contribution in [2.45, 2.75) is 24.2 Å². The molecule has 0 fully saturated rings. The molecule has 2 rings (SSSR count). The van der Waals surface area contributed by atoms with E-state index in [-0.39, 0.29) is 0 Å². The molecule has 0 aliphatic rings. The van der Waals surface area contributed by atoms with Gasteiger partial charge in [0, 0.05) is 14.1 Å². The second-order valence-corrected chi connectivity index (χ2v) is 5.41. The Morgan fingerprint density at radius 2 is 1.12 bits per heavy atom. The van der Waals surface area contributed by atoms with E-state index in [9.17, 15) is 0 Å². The maximum Gasteiger partial charge on any atom is 0.202 e. The van der Waals surface area contributed by atoms with E-state index in [0.717, 1.165) is 22.0 Å². The summed E-state index contributed by atoms with van der Waals surface area (Å²) in [4.78, 5) is 0. The number of rotatable bonds is 3. The summed E-state index contributed by atoms with van der Waals surface area (Å²) < 4.78 is 3.89. The van der Waals surface area contributed by atoms with Gasteiger partial charge in [0.15, 0.2) is 0 Å². The largest absolute Gasteiger partial charge is 0.309 e. The molecule has 2 heterocycles. The molecule has 2 aromatic heterocycles. The van der Waals surface area contributed by atoms with Crippen molar-refractivity contribution in [1.82, 2.24) is 29.5 Å². The highest BCUT2D eigenvalue weighted by Gasteiger charge is 2.10. The average Bonchev–Trinajstić information content (AvgIpc) is 2.74. The lowest BCUT2D eigenvalue weighted by Crippen LogP contribution is -1.94. The van der Waals surface area contributed by atoms with Crippen LogP contribution in [0, 0.1) is 13.8 Å². The Bertz CT molecular complexity index is 456. The van der Waals surface area contributed by atoms with Crippen LogP contribution in [0.2, 0.25) is 0 Å². The van der Waals surface area contributed by atoms with E-state index in [2.05, 4.69) is 20.4 Å². The number of hydrogen-bond acceptors (Lipinski definition) is 6. The van der Waals surface area contributed by atoms with Gasteiger partial charge in [0.2, 0.25) is 10.3 Å². The van der Waals surface area contributed by atoms with Gasteiger partial charge in [-0.2, -0.15) is 0 Å². The highest BCUT2D eigenvalue weighted by atomic mass is 33.1. The summed E-state index contributed by atoms with van der Waals surface area (Å²) in [6, 6.07) is 0. The Labute approximate surface area is 101 Å². The predicted molar refractivity (Wildman–Crippen MR) is 63.2 cm³/mol. The van der Waals surface area contributed by atoms with E-state index in [1.54, 1.807) is 0 Å². The molecule has 86 valence electrons. The molecule has 0 radical (unpaired) electrons. The fourth-order valence-corrected chi connectivity index (χ4v) is 3.10. The summed E-state index contributed by atoms with van der Waals surface area (Å²) in [6.07, 6.45) is 0. The Hall–Kier alpha value is -1.02. The van der Waals surface area contributed by atoms with Crippen LogP contribution in [-0.4, -0.2) is 29.5 Å². The smallest absolute Gasteiger partial charge is 0.202 e. The fourth-order valence-electron chi connectivity index (χ4n) is 0.995. The van der Waals surface area contributed by atoms with E-state index in [1.165, 1.54) is 21.6 Å². The van der Waals surface area contributed by atoms with E-state index < -0.39 is 0 Å². The maximum absolute atomic E-state index is 4.06. The number of nitrogens with zero attached hydrogens (tertiary/aromatic N) is 6. The van der Waals surface area contributed by atoms with E-state index in [4.69, 9.17) is 0 Å². The monoisotopic (exact) mass is 256 g/mol.